The first-order chi connectivity index (χ1) is 8.28. The van der Waals surface area contributed by atoms with Gasteiger partial charge in [-0.3, -0.25) is 0 Å². The highest BCUT2D eigenvalue weighted by atomic mass is 16.6. The van der Waals surface area contributed by atoms with Crippen LogP contribution in [-0.2, 0) is 6.42 Å². The topological polar surface area (TPSA) is 50.4 Å². The Bertz CT molecular complexity index is 387. The monoisotopic (exact) mass is 234 g/mol. The third-order valence-corrected chi connectivity index (χ3v) is 2.90. The summed E-state index contributed by atoms with van der Waals surface area (Å²) in [6.07, 6.45) is 1.53. The molecule has 1 amide bonds. The van der Waals surface area contributed by atoms with Crippen LogP contribution in [0.2, 0.25) is 0 Å². The molecule has 4 nitrogen and oxygen atoms in total. The Balaban J connectivity index is 1.88. The molecule has 1 aliphatic heterocycles. The summed E-state index contributed by atoms with van der Waals surface area (Å²) in [7, 11) is 0. The van der Waals surface area contributed by atoms with Crippen LogP contribution < -0.4 is 15.4 Å². The van der Waals surface area contributed by atoms with E-state index in [1.54, 1.807) is 6.07 Å². The third kappa shape index (κ3) is 3.46. The molecule has 0 aromatic heterocycles. The molecule has 0 spiro atoms. The van der Waals surface area contributed by atoms with Gasteiger partial charge in [-0.2, -0.15) is 0 Å². The van der Waals surface area contributed by atoms with Crippen LogP contribution in [0.1, 0.15) is 18.9 Å². The van der Waals surface area contributed by atoms with Gasteiger partial charge in [0.05, 0.1) is 0 Å². The first kappa shape index (κ1) is 11.9. The van der Waals surface area contributed by atoms with Crippen molar-refractivity contribution in [2.45, 2.75) is 25.8 Å². The predicted octanol–water partition coefficient (Wildman–Crippen LogP) is 1.70. The maximum atomic E-state index is 11.6. The average Bonchev–Trinajstić information content (AvgIpc) is 2.82. The van der Waals surface area contributed by atoms with Crippen molar-refractivity contribution in [1.82, 2.24) is 10.6 Å². The van der Waals surface area contributed by atoms with Crippen LogP contribution in [0.15, 0.2) is 24.3 Å². The van der Waals surface area contributed by atoms with E-state index in [0.29, 0.717) is 5.75 Å². The van der Waals surface area contributed by atoms with E-state index in [2.05, 4.69) is 17.6 Å². The summed E-state index contributed by atoms with van der Waals surface area (Å²) in [5.41, 5.74) is 1.16. The number of hydrogen-bond donors (Lipinski definition) is 2. The van der Waals surface area contributed by atoms with Crippen LogP contribution in [0.25, 0.3) is 0 Å². The van der Waals surface area contributed by atoms with Crippen molar-refractivity contribution in [3.63, 3.8) is 0 Å². The molecular formula is C13H18N2O2. The van der Waals surface area contributed by atoms with E-state index in [9.17, 15) is 4.79 Å². The van der Waals surface area contributed by atoms with Gasteiger partial charge in [0.15, 0.2) is 0 Å². The average molecular weight is 234 g/mol. The zero-order valence-corrected chi connectivity index (χ0v) is 10.0. The second kappa shape index (κ2) is 5.68. The highest BCUT2D eigenvalue weighted by Gasteiger charge is 2.17. The summed E-state index contributed by atoms with van der Waals surface area (Å²) < 4.78 is 5.24. The van der Waals surface area contributed by atoms with Crippen LogP contribution in [0, 0.1) is 0 Å². The smallest absolute Gasteiger partial charge is 0.410 e. The van der Waals surface area contributed by atoms with Gasteiger partial charge in [0, 0.05) is 12.6 Å². The van der Waals surface area contributed by atoms with Gasteiger partial charge < -0.3 is 15.4 Å². The van der Waals surface area contributed by atoms with Crippen molar-refractivity contribution >= 4 is 6.09 Å². The Morgan fingerprint density at radius 2 is 2.47 bits per heavy atom. The van der Waals surface area contributed by atoms with Crippen molar-refractivity contribution in [2.24, 2.45) is 0 Å². The maximum Gasteiger partial charge on any atom is 0.412 e. The predicted molar refractivity (Wildman–Crippen MR) is 66.3 cm³/mol. The number of amides is 1. The summed E-state index contributed by atoms with van der Waals surface area (Å²) in [6.45, 7) is 3.85. The first-order valence-corrected chi connectivity index (χ1v) is 6.06. The molecule has 1 aliphatic rings. The quantitative estimate of drug-likeness (QED) is 0.837. The Hall–Kier alpha value is -1.55. The van der Waals surface area contributed by atoms with Crippen LogP contribution in [-0.4, -0.2) is 25.2 Å². The molecule has 92 valence electrons. The zero-order valence-electron chi connectivity index (χ0n) is 10.0. The number of benzene rings is 1. The van der Waals surface area contributed by atoms with Gasteiger partial charge in [0.2, 0.25) is 0 Å². The standard InChI is InChI=1S/C13H18N2O2/c1-2-10-4-3-5-12(8-10)17-13(16)15-11-6-7-14-9-11/h3-5,8,11,14H,2,6-7,9H2,1H3,(H,15,16). The molecule has 0 saturated carbocycles. The van der Waals surface area contributed by atoms with Crippen molar-refractivity contribution in [1.29, 1.82) is 0 Å². The van der Waals surface area contributed by atoms with E-state index in [0.717, 1.165) is 31.5 Å². The van der Waals surface area contributed by atoms with Crippen LogP contribution in [0.5, 0.6) is 5.75 Å². The van der Waals surface area contributed by atoms with Crippen molar-refractivity contribution in [2.75, 3.05) is 13.1 Å². The Morgan fingerprint density at radius 3 is 3.18 bits per heavy atom. The molecule has 0 bridgehead atoms. The Morgan fingerprint density at radius 1 is 1.59 bits per heavy atom. The highest BCUT2D eigenvalue weighted by Crippen LogP contribution is 2.14. The van der Waals surface area contributed by atoms with Gasteiger partial charge in [0.25, 0.3) is 0 Å². The minimum Gasteiger partial charge on any atom is -0.410 e. The summed E-state index contributed by atoms with van der Waals surface area (Å²) in [5.74, 6) is 0.604. The largest absolute Gasteiger partial charge is 0.412 e. The fourth-order valence-electron chi connectivity index (χ4n) is 1.91. The molecule has 1 saturated heterocycles. The van der Waals surface area contributed by atoms with Crippen LogP contribution in [0.3, 0.4) is 0 Å². The molecule has 1 atom stereocenters. The second-order valence-corrected chi connectivity index (χ2v) is 4.22. The summed E-state index contributed by atoms with van der Waals surface area (Å²) in [4.78, 5) is 11.6. The van der Waals surface area contributed by atoms with Gasteiger partial charge in [-0.1, -0.05) is 19.1 Å². The number of nitrogens with one attached hydrogen (secondary N) is 2. The zero-order chi connectivity index (χ0) is 12.1. The lowest BCUT2D eigenvalue weighted by molar-refractivity contribution is 0.197. The lowest BCUT2D eigenvalue weighted by Crippen LogP contribution is -2.38. The van der Waals surface area contributed by atoms with E-state index in [-0.39, 0.29) is 12.1 Å². The summed E-state index contributed by atoms with van der Waals surface area (Å²) in [6, 6.07) is 7.80. The molecule has 1 heterocycles. The SMILES string of the molecule is CCc1cccc(OC(=O)NC2CCNC2)c1. The lowest BCUT2D eigenvalue weighted by atomic mass is 10.2. The molecule has 1 aromatic rings. The van der Waals surface area contributed by atoms with Gasteiger partial charge in [-0.05, 0) is 37.1 Å². The molecule has 0 aliphatic carbocycles. The van der Waals surface area contributed by atoms with Crippen molar-refractivity contribution < 1.29 is 9.53 Å². The third-order valence-electron chi connectivity index (χ3n) is 2.90. The minimum absolute atomic E-state index is 0.192. The van der Waals surface area contributed by atoms with Gasteiger partial charge >= 0.3 is 6.09 Å². The fourth-order valence-corrected chi connectivity index (χ4v) is 1.91. The number of aryl methyl sites for hydroxylation is 1. The molecule has 4 heteroatoms. The lowest BCUT2D eigenvalue weighted by Gasteiger charge is -2.11. The number of carbonyl (C=O) groups excluding carboxylic acids is 1. The van der Waals surface area contributed by atoms with E-state index >= 15 is 0 Å². The fraction of sp³-hybridized carbons (Fsp3) is 0.462. The minimum atomic E-state index is -0.369. The highest BCUT2D eigenvalue weighted by molar-refractivity contribution is 5.70. The summed E-state index contributed by atoms with van der Waals surface area (Å²) in [5, 5.41) is 6.03. The molecule has 1 aromatic carbocycles. The number of hydrogen-bond acceptors (Lipinski definition) is 3. The first-order valence-electron chi connectivity index (χ1n) is 6.06. The van der Waals surface area contributed by atoms with Gasteiger partial charge in [-0.15, -0.1) is 0 Å². The van der Waals surface area contributed by atoms with Crippen LogP contribution >= 0.6 is 0 Å². The van der Waals surface area contributed by atoms with Crippen molar-refractivity contribution in [3.8, 4) is 5.75 Å². The van der Waals surface area contributed by atoms with E-state index in [1.165, 1.54) is 0 Å². The molecule has 2 N–H and O–H groups in total. The Kier molecular flexibility index (Phi) is 3.98. The maximum absolute atomic E-state index is 11.6. The van der Waals surface area contributed by atoms with E-state index in [1.807, 2.05) is 18.2 Å². The van der Waals surface area contributed by atoms with Gasteiger partial charge in [-0.25, -0.2) is 4.79 Å². The van der Waals surface area contributed by atoms with Gasteiger partial charge in [0.1, 0.15) is 5.75 Å². The normalized spacial score (nSPS) is 19.0. The molecule has 0 radical (unpaired) electrons. The summed E-state index contributed by atoms with van der Waals surface area (Å²) >= 11 is 0. The number of rotatable bonds is 3. The molecule has 17 heavy (non-hydrogen) atoms. The Labute approximate surface area is 101 Å². The number of ether oxygens (including phenoxy) is 1. The van der Waals surface area contributed by atoms with Crippen LogP contribution in [0.4, 0.5) is 4.79 Å². The van der Waals surface area contributed by atoms with Crippen molar-refractivity contribution in [3.05, 3.63) is 29.8 Å². The molecular weight excluding hydrogens is 216 g/mol. The van der Waals surface area contributed by atoms with E-state index in [4.69, 9.17) is 4.74 Å². The molecule has 1 fully saturated rings. The molecule has 2 rings (SSSR count). The van der Waals surface area contributed by atoms with E-state index < -0.39 is 0 Å². The second-order valence-electron chi connectivity index (χ2n) is 4.22. The molecule has 1 unspecified atom stereocenters. The number of carbonyl (C=O) groups is 1.